The van der Waals surface area contributed by atoms with Crippen LogP contribution in [0, 0.1) is 0 Å². The van der Waals surface area contributed by atoms with Crippen LogP contribution in [0.1, 0.15) is 12.5 Å². The molecule has 0 aromatic heterocycles. The molecule has 2 aromatic rings. The van der Waals surface area contributed by atoms with Crippen LogP contribution in [-0.4, -0.2) is 33.2 Å². The fourth-order valence-corrected chi connectivity index (χ4v) is 2.94. The maximum atomic E-state index is 12.3. The van der Waals surface area contributed by atoms with Crippen molar-refractivity contribution >= 4 is 39.7 Å². The molecule has 0 saturated heterocycles. The van der Waals surface area contributed by atoms with Gasteiger partial charge in [0.2, 0.25) is 15.9 Å². The van der Waals surface area contributed by atoms with Gasteiger partial charge < -0.3 is 15.8 Å². The lowest BCUT2D eigenvalue weighted by Gasteiger charge is -2.15. The molecule has 1 amide bonds. The van der Waals surface area contributed by atoms with Crippen molar-refractivity contribution in [2.45, 2.75) is 19.4 Å². The summed E-state index contributed by atoms with van der Waals surface area (Å²) in [4.78, 5) is 12.3. The van der Waals surface area contributed by atoms with Crippen molar-refractivity contribution in [3.8, 4) is 5.75 Å². The third-order valence-corrected chi connectivity index (χ3v) is 5.04. The first-order chi connectivity index (χ1) is 12.3. The van der Waals surface area contributed by atoms with E-state index < -0.39 is 16.1 Å². The highest BCUT2D eigenvalue weighted by Gasteiger charge is 2.16. The van der Waals surface area contributed by atoms with Gasteiger partial charge in [-0.3, -0.25) is 9.52 Å². The molecule has 148 valence electrons. The average molecular weight is 414 g/mol. The monoisotopic (exact) mass is 413 g/mol. The Morgan fingerprint density at radius 2 is 1.85 bits per heavy atom. The molecule has 0 bridgehead atoms. The number of nitrogens with one attached hydrogen (secondary N) is 2. The number of nitrogens with two attached hydrogens (primary N) is 1. The van der Waals surface area contributed by atoms with Crippen LogP contribution in [-0.2, 0) is 21.2 Å². The van der Waals surface area contributed by atoms with Gasteiger partial charge in [-0.2, -0.15) is 0 Å². The van der Waals surface area contributed by atoms with Crippen LogP contribution < -0.4 is 20.5 Å². The predicted molar refractivity (Wildman–Crippen MR) is 110 cm³/mol. The van der Waals surface area contributed by atoms with Gasteiger partial charge in [0.25, 0.3) is 0 Å². The number of halogens is 1. The number of hydrogen-bond donors (Lipinski definition) is 3. The van der Waals surface area contributed by atoms with Crippen molar-refractivity contribution in [2.75, 3.05) is 22.9 Å². The van der Waals surface area contributed by atoms with E-state index in [1.807, 2.05) is 30.3 Å². The van der Waals surface area contributed by atoms with E-state index in [0.29, 0.717) is 23.5 Å². The molecular formula is C18H24ClN3O4S. The summed E-state index contributed by atoms with van der Waals surface area (Å²) in [6.45, 7) is 1.54. The minimum atomic E-state index is -3.43. The van der Waals surface area contributed by atoms with Gasteiger partial charge in [0.1, 0.15) is 5.75 Å². The molecule has 0 aliphatic heterocycles. The van der Waals surface area contributed by atoms with E-state index in [4.69, 9.17) is 10.5 Å². The van der Waals surface area contributed by atoms with E-state index in [1.165, 1.54) is 20.1 Å². The number of rotatable bonds is 8. The van der Waals surface area contributed by atoms with Crippen LogP contribution in [0.25, 0.3) is 0 Å². The Balaban J connectivity index is 0.00000364. The van der Waals surface area contributed by atoms with Crippen LogP contribution >= 0.6 is 12.4 Å². The van der Waals surface area contributed by atoms with Gasteiger partial charge in [-0.1, -0.05) is 30.3 Å². The molecule has 2 aromatic carbocycles. The molecular weight excluding hydrogens is 390 g/mol. The number of hydrogen-bond acceptors (Lipinski definition) is 5. The number of carbonyl (C=O) groups is 1. The van der Waals surface area contributed by atoms with Gasteiger partial charge in [-0.25, -0.2) is 8.42 Å². The molecule has 0 aliphatic rings. The van der Waals surface area contributed by atoms with Crippen LogP contribution in [0.3, 0.4) is 0 Å². The van der Waals surface area contributed by atoms with Crippen molar-refractivity contribution < 1.29 is 17.9 Å². The normalized spacial score (nSPS) is 11.8. The van der Waals surface area contributed by atoms with E-state index in [1.54, 1.807) is 12.1 Å². The van der Waals surface area contributed by atoms with Gasteiger partial charge >= 0.3 is 0 Å². The highest BCUT2D eigenvalue weighted by atomic mass is 35.5. The summed E-state index contributed by atoms with van der Waals surface area (Å²) in [7, 11) is -2.00. The Kier molecular flexibility index (Phi) is 8.55. The molecule has 0 saturated carbocycles. The molecule has 0 spiro atoms. The predicted octanol–water partition coefficient (Wildman–Crippen LogP) is 2.39. The highest BCUT2D eigenvalue weighted by Crippen LogP contribution is 2.29. The van der Waals surface area contributed by atoms with Gasteiger partial charge in [0.05, 0.1) is 24.6 Å². The fourth-order valence-electron chi connectivity index (χ4n) is 2.29. The van der Waals surface area contributed by atoms with Crippen LogP contribution in [0.2, 0.25) is 0 Å². The van der Waals surface area contributed by atoms with Crippen molar-refractivity contribution in [2.24, 2.45) is 5.73 Å². The van der Waals surface area contributed by atoms with Gasteiger partial charge in [0.15, 0.2) is 0 Å². The third kappa shape index (κ3) is 6.74. The lowest BCUT2D eigenvalue weighted by atomic mass is 10.1. The second-order valence-corrected chi connectivity index (χ2v) is 7.72. The first-order valence-electron chi connectivity index (χ1n) is 8.13. The van der Waals surface area contributed by atoms with E-state index in [9.17, 15) is 13.2 Å². The molecule has 0 radical (unpaired) electrons. The van der Waals surface area contributed by atoms with Crippen LogP contribution in [0.15, 0.2) is 48.5 Å². The number of anilines is 2. The van der Waals surface area contributed by atoms with E-state index in [2.05, 4.69) is 10.0 Å². The topological polar surface area (TPSA) is 111 Å². The van der Waals surface area contributed by atoms with Gasteiger partial charge in [0, 0.05) is 11.8 Å². The summed E-state index contributed by atoms with van der Waals surface area (Å²) in [6, 6.07) is 13.4. The zero-order chi connectivity index (χ0) is 19.2. The maximum Gasteiger partial charge on any atom is 0.241 e. The lowest BCUT2D eigenvalue weighted by Crippen LogP contribution is -2.37. The number of sulfonamides is 1. The summed E-state index contributed by atoms with van der Waals surface area (Å²) in [6.07, 6.45) is 0.415. The smallest absolute Gasteiger partial charge is 0.241 e. The standard InChI is InChI=1S/C18H23N3O4S.ClH/c1-3-26(23,24)21-16-10-9-14(12-17(16)25-2)20-18(22)15(19)11-13-7-5-4-6-8-13;/h4-10,12,15,21H,3,11,19H2,1-2H3,(H,20,22);1H/t15-;/m0./s1. The van der Waals surface area contributed by atoms with E-state index in [-0.39, 0.29) is 24.1 Å². The number of ether oxygens (including phenoxy) is 1. The zero-order valence-electron chi connectivity index (χ0n) is 15.1. The largest absolute Gasteiger partial charge is 0.494 e. The zero-order valence-corrected chi connectivity index (χ0v) is 16.8. The Morgan fingerprint density at radius 3 is 2.44 bits per heavy atom. The lowest BCUT2D eigenvalue weighted by molar-refractivity contribution is -0.117. The molecule has 0 fully saturated rings. The number of carbonyl (C=O) groups excluding carboxylic acids is 1. The molecule has 0 heterocycles. The Morgan fingerprint density at radius 1 is 1.19 bits per heavy atom. The molecule has 2 rings (SSSR count). The number of benzene rings is 2. The molecule has 4 N–H and O–H groups in total. The fraction of sp³-hybridized carbons (Fsp3) is 0.278. The summed E-state index contributed by atoms with van der Waals surface area (Å²) in [5, 5.41) is 2.72. The second kappa shape index (κ2) is 10.1. The summed E-state index contributed by atoms with van der Waals surface area (Å²) >= 11 is 0. The molecule has 0 unspecified atom stereocenters. The van der Waals surface area contributed by atoms with Crippen molar-refractivity contribution in [3.63, 3.8) is 0 Å². The summed E-state index contributed by atoms with van der Waals surface area (Å²) in [5.74, 6) is -0.0857. The molecule has 1 atom stereocenters. The SMILES string of the molecule is CCS(=O)(=O)Nc1ccc(NC(=O)[C@@H](N)Cc2ccccc2)cc1OC.Cl. The van der Waals surface area contributed by atoms with Crippen molar-refractivity contribution in [1.82, 2.24) is 0 Å². The molecule has 0 aliphatic carbocycles. The summed E-state index contributed by atoms with van der Waals surface area (Å²) in [5.41, 5.74) is 7.71. The number of amides is 1. The van der Waals surface area contributed by atoms with E-state index >= 15 is 0 Å². The van der Waals surface area contributed by atoms with Crippen LogP contribution in [0.5, 0.6) is 5.75 Å². The van der Waals surface area contributed by atoms with Crippen LogP contribution in [0.4, 0.5) is 11.4 Å². The van der Waals surface area contributed by atoms with Gasteiger partial charge in [-0.05, 0) is 31.0 Å². The minimum Gasteiger partial charge on any atom is -0.494 e. The van der Waals surface area contributed by atoms with E-state index in [0.717, 1.165) is 5.56 Å². The van der Waals surface area contributed by atoms with Gasteiger partial charge in [-0.15, -0.1) is 12.4 Å². The quantitative estimate of drug-likeness (QED) is 0.615. The first kappa shape index (κ1) is 22.8. The molecule has 27 heavy (non-hydrogen) atoms. The Hall–Kier alpha value is -2.29. The first-order valence-corrected chi connectivity index (χ1v) is 9.78. The Bertz CT molecular complexity index is 860. The third-order valence-electron chi connectivity index (χ3n) is 3.75. The van der Waals surface area contributed by atoms with Crippen molar-refractivity contribution in [3.05, 3.63) is 54.1 Å². The summed E-state index contributed by atoms with van der Waals surface area (Å²) < 4.78 is 31.1. The molecule has 9 heteroatoms. The minimum absolute atomic E-state index is 0. The number of methoxy groups -OCH3 is 1. The van der Waals surface area contributed by atoms with Crippen molar-refractivity contribution in [1.29, 1.82) is 0 Å². The Labute approximate surface area is 165 Å². The second-order valence-electron chi connectivity index (χ2n) is 5.71. The molecule has 7 nitrogen and oxygen atoms in total. The maximum absolute atomic E-state index is 12.3. The average Bonchev–Trinajstić information content (AvgIpc) is 2.63. The highest BCUT2D eigenvalue weighted by molar-refractivity contribution is 7.92.